The minimum absolute atomic E-state index is 0.255. The summed E-state index contributed by atoms with van der Waals surface area (Å²) in [6, 6.07) is 3.88. The van der Waals surface area contributed by atoms with E-state index < -0.39 is 22.0 Å². The molecule has 0 spiro atoms. The van der Waals surface area contributed by atoms with Crippen molar-refractivity contribution in [3.63, 3.8) is 0 Å². The van der Waals surface area contributed by atoms with Crippen molar-refractivity contribution in [2.75, 3.05) is 11.5 Å². The van der Waals surface area contributed by atoms with E-state index in [1.807, 2.05) is 0 Å². The minimum atomic E-state index is -3.33. The van der Waals surface area contributed by atoms with Crippen molar-refractivity contribution in [3.05, 3.63) is 39.9 Å². The van der Waals surface area contributed by atoms with E-state index in [1.165, 1.54) is 10.9 Å². The number of rotatable bonds is 1. The van der Waals surface area contributed by atoms with E-state index in [-0.39, 0.29) is 17.1 Å². The van der Waals surface area contributed by atoms with Gasteiger partial charge in [-0.25, -0.2) is 13.4 Å². The molecule has 1 saturated heterocycles. The molecule has 0 aliphatic carbocycles. The molecule has 8 heteroatoms. The molecule has 2 atom stereocenters. The van der Waals surface area contributed by atoms with Gasteiger partial charge < -0.3 is 5.11 Å². The molecule has 0 radical (unpaired) electrons. The lowest BCUT2D eigenvalue weighted by Gasteiger charge is -2.16. The number of hydrogen-bond donors (Lipinski definition) is 1. The minimum Gasteiger partial charge on any atom is -0.390 e. The molecule has 0 bridgehead atoms. The summed E-state index contributed by atoms with van der Waals surface area (Å²) in [5, 5.41) is 10.6. The molecule has 0 saturated carbocycles. The van der Waals surface area contributed by atoms with Gasteiger partial charge in [-0.15, -0.1) is 0 Å². The van der Waals surface area contributed by atoms with Crippen LogP contribution in [-0.2, 0) is 9.84 Å². The molecular weight excluding hydrogens is 304 g/mol. The van der Waals surface area contributed by atoms with E-state index in [0.29, 0.717) is 15.9 Å². The van der Waals surface area contributed by atoms with Gasteiger partial charge in [-0.05, 0) is 18.2 Å². The molecule has 0 unspecified atom stereocenters. The Morgan fingerprint density at radius 2 is 2.10 bits per heavy atom. The predicted octanol–water partition coefficient (Wildman–Crippen LogP) is 0.380. The van der Waals surface area contributed by atoms with Gasteiger partial charge in [-0.3, -0.25) is 9.36 Å². The van der Waals surface area contributed by atoms with Crippen LogP contribution in [0.1, 0.15) is 6.04 Å². The molecule has 2 aromatic rings. The fraction of sp³-hybridized carbons (Fsp3) is 0.333. The van der Waals surface area contributed by atoms with Crippen LogP contribution in [0.5, 0.6) is 0 Å². The van der Waals surface area contributed by atoms with E-state index in [0.717, 1.165) is 0 Å². The highest BCUT2D eigenvalue weighted by Gasteiger charge is 2.38. The van der Waals surface area contributed by atoms with Crippen LogP contribution in [0.25, 0.3) is 10.9 Å². The van der Waals surface area contributed by atoms with Crippen LogP contribution in [0.2, 0.25) is 5.02 Å². The molecule has 20 heavy (non-hydrogen) atoms. The van der Waals surface area contributed by atoms with Crippen molar-refractivity contribution >= 4 is 32.3 Å². The predicted molar refractivity (Wildman–Crippen MR) is 74.7 cm³/mol. The lowest BCUT2D eigenvalue weighted by Crippen LogP contribution is -2.31. The summed E-state index contributed by atoms with van der Waals surface area (Å²) >= 11 is 5.83. The Hall–Kier alpha value is -1.44. The number of aliphatic hydroxyl groups excluding tert-OH is 1. The first-order chi connectivity index (χ1) is 9.37. The zero-order valence-corrected chi connectivity index (χ0v) is 11.8. The molecule has 6 nitrogen and oxygen atoms in total. The van der Waals surface area contributed by atoms with Gasteiger partial charge in [-0.2, -0.15) is 0 Å². The summed E-state index contributed by atoms with van der Waals surface area (Å²) in [7, 11) is -3.33. The summed E-state index contributed by atoms with van der Waals surface area (Å²) < 4.78 is 24.2. The maximum atomic E-state index is 12.4. The van der Waals surface area contributed by atoms with E-state index in [2.05, 4.69) is 4.98 Å². The summed E-state index contributed by atoms with van der Waals surface area (Å²) in [5.41, 5.74) is 0.0573. The van der Waals surface area contributed by atoms with Gasteiger partial charge in [-0.1, -0.05) is 11.6 Å². The smallest absolute Gasteiger partial charge is 0.261 e. The number of halogens is 1. The van der Waals surface area contributed by atoms with Crippen molar-refractivity contribution in [2.45, 2.75) is 12.1 Å². The third-order valence-corrected chi connectivity index (χ3v) is 5.33. The third kappa shape index (κ3) is 2.21. The van der Waals surface area contributed by atoms with E-state index >= 15 is 0 Å². The highest BCUT2D eigenvalue weighted by Crippen LogP contribution is 2.23. The highest BCUT2D eigenvalue weighted by molar-refractivity contribution is 7.91. The van der Waals surface area contributed by atoms with Gasteiger partial charge in [0.2, 0.25) is 0 Å². The zero-order valence-electron chi connectivity index (χ0n) is 10.2. The summed E-state index contributed by atoms with van der Waals surface area (Å²) in [6.45, 7) is 0. The average Bonchev–Trinajstić information content (AvgIpc) is 2.63. The van der Waals surface area contributed by atoms with Gasteiger partial charge in [0.05, 0.1) is 40.9 Å². The largest absolute Gasteiger partial charge is 0.390 e. The van der Waals surface area contributed by atoms with Crippen LogP contribution in [0.3, 0.4) is 0 Å². The number of aliphatic hydroxyl groups is 1. The molecule has 1 fully saturated rings. The van der Waals surface area contributed by atoms with Gasteiger partial charge in [0.15, 0.2) is 9.84 Å². The summed E-state index contributed by atoms with van der Waals surface area (Å²) in [5.74, 6) is -0.586. The van der Waals surface area contributed by atoms with Gasteiger partial charge in [0, 0.05) is 5.02 Å². The first-order valence-electron chi connectivity index (χ1n) is 5.92. The zero-order chi connectivity index (χ0) is 14.5. The SMILES string of the molecule is O=c1c2ccc(Cl)cc2ncn1[C@@H]1CS(=O)(=O)C[C@H]1O. The van der Waals surface area contributed by atoms with Crippen LogP contribution >= 0.6 is 11.6 Å². The van der Waals surface area contributed by atoms with Crippen LogP contribution in [0.4, 0.5) is 0 Å². The van der Waals surface area contributed by atoms with Crippen molar-refractivity contribution in [3.8, 4) is 0 Å². The Kier molecular flexibility index (Phi) is 3.07. The van der Waals surface area contributed by atoms with E-state index in [1.54, 1.807) is 18.2 Å². The number of benzene rings is 1. The molecule has 1 aromatic carbocycles. The Morgan fingerprint density at radius 3 is 2.75 bits per heavy atom. The van der Waals surface area contributed by atoms with Gasteiger partial charge in [0.25, 0.3) is 5.56 Å². The number of hydrogen-bond acceptors (Lipinski definition) is 5. The molecule has 1 N–H and O–H groups in total. The Bertz CT molecular complexity index is 846. The first-order valence-corrected chi connectivity index (χ1v) is 8.12. The second-order valence-corrected chi connectivity index (χ2v) is 7.42. The first kappa shape index (κ1) is 13.5. The van der Waals surface area contributed by atoms with Crippen LogP contribution in [0, 0.1) is 0 Å². The standard InChI is InChI=1S/C12H11ClN2O4S/c13-7-1-2-8-9(3-7)14-6-15(12(8)17)10-4-20(18,19)5-11(10)16/h1-3,6,10-11,16H,4-5H2/t10-,11-/m1/s1. The number of nitrogens with zero attached hydrogens (tertiary/aromatic N) is 2. The fourth-order valence-corrected chi connectivity index (χ4v) is 4.37. The Balaban J connectivity index is 2.16. The van der Waals surface area contributed by atoms with Crippen molar-refractivity contribution in [1.82, 2.24) is 9.55 Å². The second kappa shape index (κ2) is 4.54. The van der Waals surface area contributed by atoms with E-state index in [9.17, 15) is 18.3 Å². The number of fused-ring (bicyclic) bond motifs is 1. The van der Waals surface area contributed by atoms with Crippen molar-refractivity contribution in [2.24, 2.45) is 0 Å². The monoisotopic (exact) mass is 314 g/mol. The van der Waals surface area contributed by atoms with Gasteiger partial charge in [0.1, 0.15) is 0 Å². The van der Waals surface area contributed by atoms with E-state index in [4.69, 9.17) is 11.6 Å². The molecule has 1 aromatic heterocycles. The quantitative estimate of drug-likeness (QED) is 0.822. The molecule has 1 aliphatic heterocycles. The topological polar surface area (TPSA) is 89.3 Å². The van der Waals surface area contributed by atoms with Crippen LogP contribution in [-0.4, -0.2) is 40.7 Å². The maximum Gasteiger partial charge on any atom is 0.261 e. The highest BCUT2D eigenvalue weighted by atomic mass is 35.5. The fourth-order valence-electron chi connectivity index (χ4n) is 2.42. The molecule has 2 heterocycles. The van der Waals surface area contributed by atoms with Crippen molar-refractivity contribution in [1.29, 1.82) is 0 Å². The van der Waals surface area contributed by atoms with Crippen LogP contribution in [0.15, 0.2) is 29.3 Å². The molecule has 0 amide bonds. The number of aromatic nitrogens is 2. The van der Waals surface area contributed by atoms with Gasteiger partial charge >= 0.3 is 0 Å². The third-order valence-electron chi connectivity index (χ3n) is 3.40. The lowest BCUT2D eigenvalue weighted by atomic mass is 10.2. The maximum absolute atomic E-state index is 12.4. The molecular formula is C12H11ClN2O4S. The second-order valence-electron chi connectivity index (χ2n) is 4.83. The lowest BCUT2D eigenvalue weighted by molar-refractivity contribution is 0.151. The summed E-state index contributed by atoms with van der Waals surface area (Å²) in [6.07, 6.45) is 0.166. The number of sulfone groups is 1. The molecule has 106 valence electrons. The summed E-state index contributed by atoms with van der Waals surface area (Å²) in [4.78, 5) is 16.5. The Morgan fingerprint density at radius 1 is 1.35 bits per heavy atom. The normalized spacial score (nSPS) is 25.1. The Labute approximate surface area is 119 Å². The molecule has 3 rings (SSSR count). The van der Waals surface area contributed by atoms with Crippen LogP contribution < -0.4 is 5.56 Å². The van der Waals surface area contributed by atoms with Crippen molar-refractivity contribution < 1.29 is 13.5 Å². The average molecular weight is 315 g/mol. The molecule has 1 aliphatic rings.